The van der Waals surface area contributed by atoms with E-state index in [0.717, 1.165) is 22.6 Å². The molecule has 7 nitrogen and oxygen atoms in total. The fourth-order valence-electron chi connectivity index (χ4n) is 3.71. The number of benzene rings is 2. The van der Waals surface area contributed by atoms with Crippen LogP contribution >= 0.6 is 0 Å². The first-order valence-electron chi connectivity index (χ1n) is 9.51. The van der Waals surface area contributed by atoms with Gasteiger partial charge >= 0.3 is 6.03 Å². The largest absolute Gasteiger partial charge is 0.497 e. The summed E-state index contributed by atoms with van der Waals surface area (Å²) in [5, 5.41) is 2.21. The summed E-state index contributed by atoms with van der Waals surface area (Å²) in [6.07, 6.45) is 2.87. The minimum Gasteiger partial charge on any atom is -0.497 e. The Morgan fingerprint density at radius 3 is 2.73 bits per heavy atom. The maximum atomic E-state index is 13.6. The molecule has 2 aromatic carbocycles. The second-order valence-electron chi connectivity index (χ2n) is 7.21. The van der Waals surface area contributed by atoms with Crippen LogP contribution in [-0.2, 0) is 16.0 Å². The van der Waals surface area contributed by atoms with E-state index >= 15 is 0 Å². The number of halogens is 1. The Kier molecular flexibility index (Phi) is 4.99. The van der Waals surface area contributed by atoms with Crippen molar-refractivity contribution in [3.8, 4) is 5.75 Å². The van der Waals surface area contributed by atoms with Crippen molar-refractivity contribution in [2.75, 3.05) is 16.9 Å². The van der Waals surface area contributed by atoms with E-state index in [9.17, 15) is 18.8 Å². The zero-order chi connectivity index (χ0) is 21.4. The van der Waals surface area contributed by atoms with E-state index in [-0.39, 0.29) is 23.1 Å². The number of nitrogens with one attached hydrogen (secondary N) is 1. The van der Waals surface area contributed by atoms with Crippen molar-refractivity contribution in [3.05, 3.63) is 65.6 Å². The molecule has 0 bridgehead atoms. The Labute approximate surface area is 172 Å². The maximum Gasteiger partial charge on any atom is 0.335 e. The van der Waals surface area contributed by atoms with Gasteiger partial charge in [0.1, 0.15) is 17.1 Å². The van der Waals surface area contributed by atoms with Gasteiger partial charge in [0, 0.05) is 24.0 Å². The first-order valence-corrected chi connectivity index (χ1v) is 9.51. The number of ether oxygens (including phenoxy) is 1. The molecule has 1 N–H and O–H groups in total. The lowest BCUT2D eigenvalue weighted by Gasteiger charge is -2.36. The van der Waals surface area contributed by atoms with Crippen molar-refractivity contribution in [1.82, 2.24) is 5.32 Å². The van der Waals surface area contributed by atoms with Crippen molar-refractivity contribution in [2.24, 2.45) is 0 Å². The lowest BCUT2D eigenvalue weighted by atomic mass is 9.96. The number of nitrogens with zero attached hydrogens (tertiary/aromatic N) is 2. The first-order chi connectivity index (χ1) is 14.4. The fourth-order valence-corrected chi connectivity index (χ4v) is 3.71. The van der Waals surface area contributed by atoms with E-state index in [0.29, 0.717) is 12.2 Å². The van der Waals surface area contributed by atoms with Gasteiger partial charge in [-0.3, -0.25) is 14.9 Å². The molecule has 2 aliphatic heterocycles. The summed E-state index contributed by atoms with van der Waals surface area (Å²) in [7, 11) is 1.48. The van der Waals surface area contributed by atoms with Gasteiger partial charge in [-0.25, -0.2) is 14.1 Å². The van der Waals surface area contributed by atoms with Crippen LogP contribution in [0.5, 0.6) is 5.75 Å². The molecule has 0 spiro atoms. The third kappa shape index (κ3) is 3.41. The molecule has 0 saturated carbocycles. The van der Waals surface area contributed by atoms with Crippen LogP contribution in [0.3, 0.4) is 0 Å². The summed E-state index contributed by atoms with van der Waals surface area (Å²) in [6.45, 7) is 1.96. The zero-order valence-electron chi connectivity index (χ0n) is 16.5. The summed E-state index contributed by atoms with van der Waals surface area (Å²) in [5.41, 5.74) is 1.63. The van der Waals surface area contributed by atoms with Crippen molar-refractivity contribution in [3.63, 3.8) is 0 Å². The first kappa shape index (κ1) is 19.6. The molecule has 0 aliphatic carbocycles. The number of rotatable bonds is 3. The maximum absolute atomic E-state index is 13.6. The highest BCUT2D eigenvalue weighted by atomic mass is 19.1. The molecule has 2 aliphatic rings. The molecule has 4 rings (SSSR count). The molecule has 1 saturated heterocycles. The molecule has 2 heterocycles. The molecule has 30 heavy (non-hydrogen) atoms. The topological polar surface area (TPSA) is 79.0 Å². The minimum absolute atomic E-state index is 0.0149. The van der Waals surface area contributed by atoms with Gasteiger partial charge in [-0.15, -0.1) is 0 Å². The van der Waals surface area contributed by atoms with Crippen LogP contribution in [-0.4, -0.2) is 31.0 Å². The van der Waals surface area contributed by atoms with E-state index < -0.39 is 17.8 Å². The summed E-state index contributed by atoms with van der Waals surface area (Å²) >= 11 is 0. The second-order valence-corrected chi connectivity index (χ2v) is 7.21. The van der Waals surface area contributed by atoms with E-state index in [4.69, 9.17) is 4.74 Å². The number of carbonyl (C=O) groups excluding carboxylic acids is 3. The number of aryl methyl sites for hydroxylation is 1. The number of hydrogen-bond acceptors (Lipinski definition) is 5. The Bertz CT molecular complexity index is 1080. The summed E-state index contributed by atoms with van der Waals surface area (Å²) < 4.78 is 18.8. The van der Waals surface area contributed by atoms with Gasteiger partial charge in [0.05, 0.1) is 12.8 Å². The number of methoxy groups -OCH3 is 1. The normalized spacial score (nSPS) is 20.3. The monoisotopic (exact) mass is 409 g/mol. The molecule has 4 amide bonds. The van der Waals surface area contributed by atoms with Crippen LogP contribution in [0.1, 0.15) is 18.9 Å². The van der Waals surface area contributed by atoms with Gasteiger partial charge in [0.2, 0.25) is 0 Å². The molecule has 2 aromatic rings. The van der Waals surface area contributed by atoms with Gasteiger partial charge in [-0.1, -0.05) is 6.07 Å². The summed E-state index contributed by atoms with van der Waals surface area (Å²) in [5.74, 6) is -1.38. The van der Waals surface area contributed by atoms with Gasteiger partial charge in [-0.05, 0) is 55.7 Å². The Morgan fingerprint density at radius 2 is 1.97 bits per heavy atom. The van der Waals surface area contributed by atoms with Crippen molar-refractivity contribution in [1.29, 1.82) is 0 Å². The van der Waals surface area contributed by atoms with Crippen molar-refractivity contribution < 1.29 is 23.5 Å². The van der Waals surface area contributed by atoms with Crippen molar-refractivity contribution in [2.45, 2.75) is 25.8 Å². The highest BCUT2D eigenvalue weighted by molar-refractivity contribution is 6.37. The second kappa shape index (κ2) is 7.62. The number of fused-ring (bicyclic) bond motifs is 1. The Morgan fingerprint density at radius 1 is 1.17 bits per heavy atom. The summed E-state index contributed by atoms with van der Waals surface area (Å²) in [6, 6.07) is 10.0. The number of imide groups is 2. The van der Waals surface area contributed by atoms with Crippen LogP contribution < -0.4 is 19.9 Å². The lowest BCUT2D eigenvalue weighted by molar-refractivity contribution is -0.122. The number of urea groups is 1. The standard InChI is InChI=1S/C22H20FN3O4/c1-13-6-7-14-10-15(23)8-9-19(14)25(13)12-18-20(27)24-22(29)26(21(18)28)16-4-3-5-17(11-16)30-2/h3-5,8-13H,6-7H2,1-2H3,(H,24,27,29)/b18-12-/t13-/m0/s1. The van der Waals surface area contributed by atoms with E-state index in [1.165, 1.54) is 31.5 Å². The van der Waals surface area contributed by atoms with Crippen LogP contribution in [0.4, 0.5) is 20.6 Å². The summed E-state index contributed by atoms with van der Waals surface area (Å²) in [4.78, 5) is 40.7. The highest BCUT2D eigenvalue weighted by Gasteiger charge is 2.38. The zero-order valence-corrected chi connectivity index (χ0v) is 16.5. The molecule has 0 aromatic heterocycles. The Hall–Kier alpha value is -3.68. The lowest BCUT2D eigenvalue weighted by Crippen LogP contribution is -2.55. The third-order valence-electron chi connectivity index (χ3n) is 5.31. The van der Waals surface area contributed by atoms with Crippen LogP contribution in [0.2, 0.25) is 0 Å². The molecule has 0 unspecified atom stereocenters. The van der Waals surface area contributed by atoms with Crippen LogP contribution in [0.15, 0.2) is 54.2 Å². The molecule has 1 atom stereocenters. The van der Waals surface area contributed by atoms with Crippen molar-refractivity contribution >= 4 is 29.2 Å². The predicted molar refractivity (Wildman–Crippen MR) is 109 cm³/mol. The molecule has 8 heteroatoms. The van der Waals surface area contributed by atoms with Gasteiger partial charge in [-0.2, -0.15) is 0 Å². The third-order valence-corrected chi connectivity index (χ3v) is 5.31. The minimum atomic E-state index is -0.829. The predicted octanol–water partition coefficient (Wildman–Crippen LogP) is 3.14. The SMILES string of the molecule is COc1cccc(N2C(=O)NC(=O)/C(=C/N3c4ccc(F)cc4CC[C@@H]3C)C2=O)c1. The average Bonchev–Trinajstić information content (AvgIpc) is 2.72. The quantitative estimate of drug-likeness (QED) is 0.622. The van der Waals surface area contributed by atoms with Gasteiger partial charge < -0.3 is 9.64 Å². The number of amides is 4. The van der Waals surface area contributed by atoms with Gasteiger partial charge in [0.25, 0.3) is 11.8 Å². The average molecular weight is 409 g/mol. The number of anilines is 2. The number of barbiturate groups is 1. The van der Waals surface area contributed by atoms with E-state index in [1.54, 1.807) is 29.2 Å². The Balaban J connectivity index is 1.75. The number of hydrogen-bond donors (Lipinski definition) is 1. The molecular weight excluding hydrogens is 389 g/mol. The van der Waals surface area contributed by atoms with E-state index in [1.807, 2.05) is 6.92 Å². The molecule has 0 radical (unpaired) electrons. The fraction of sp³-hybridized carbons (Fsp3) is 0.227. The van der Waals surface area contributed by atoms with E-state index in [2.05, 4.69) is 5.32 Å². The number of carbonyl (C=O) groups is 3. The van der Waals surface area contributed by atoms with Crippen LogP contribution in [0.25, 0.3) is 0 Å². The van der Waals surface area contributed by atoms with Crippen LogP contribution in [0, 0.1) is 5.82 Å². The smallest absolute Gasteiger partial charge is 0.335 e. The molecular formula is C22H20FN3O4. The highest BCUT2D eigenvalue weighted by Crippen LogP contribution is 2.33. The van der Waals surface area contributed by atoms with Gasteiger partial charge in [0.15, 0.2) is 0 Å². The molecule has 1 fully saturated rings. The molecule has 154 valence electrons.